The molecule has 0 N–H and O–H groups in total. The van der Waals surface area contributed by atoms with Gasteiger partial charge in [0.15, 0.2) is 6.29 Å². The molecule has 1 fully saturated rings. The summed E-state index contributed by atoms with van der Waals surface area (Å²) in [7, 11) is 0. The van der Waals surface area contributed by atoms with E-state index in [0.29, 0.717) is 11.1 Å². The molecule has 0 saturated carbocycles. The molecule has 1 heterocycles. The first-order valence-corrected chi connectivity index (χ1v) is 9.57. The summed E-state index contributed by atoms with van der Waals surface area (Å²) < 4.78 is 0. The molecule has 3 rings (SSSR count). The number of carbonyl (C=O) groups is 2. The molecule has 0 aliphatic carbocycles. The number of carbonyl (C=O) groups excluding carboxylic acids is 2. The number of hydrogen-bond donors (Lipinski definition) is 0. The molecule has 0 atom stereocenters. The van der Waals surface area contributed by atoms with E-state index in [1.54, 1.807) is 0 Å². The van der Waals surface area contributed by atoms with E-state index in [1.807, 2.05) is 41.3 Å². The van der Waals surface area contributed by atoms with Crippen molar-refractivity contribution >= 4 is 23.0 Å². The molecule has 1 aliphatic heterocycles. The maximum Gasteiger partial charge on any atom is 0.254 e. The Morgan fingerprint density at radius 2 is 1.40 bits per heavy atom. The van der Waals surface area contributed by atoms with Crippen molar-refractivity contribution in [2.45, 2.75) is 51.4 Å². The zero-order valence-corrected chi connectivity index (χ0v) is 14.9. The van der Waals surface area contributed by atoms with Crippen molar-refractivity contribution in [2.75, 3.05) is 13.1 Å². The van der Waals surface area contributed by atoms with Gasteiger partial charge in [0.2, 0.25) is 0 Å². The van der Waals surface area contributed by atoms with E-state index in [1.165, 1.54) is 38.5 Å². The maximum atomic E-state index is 13.1. The average Bonchev–Trinajstić information content (AvgIpc) is 2.72. The SMILES string of the molecule is O=Cc1c(C(=O)N2CCCCCCCCCC2)ccc2ccccc12. The highest BCUT2D eigenvalue weighted by atomic mass is 16.2. The van der Waals surface area contributed by atoms with Gasteiger partial charge in [-0.3, -0.25) is 9.59 Å². The second kappa shape index (κ2) is 8.80. The minimum absolute atomic E-state index is 0.00657. The van der Waals surface area contributed by atoms with Crippen molar-refractivity contribution in [3.05, 3.63) is 47.5 Å². The Morgan fingerprint density at radius 3 is 2.04 bits per heavy atom. The number of nitrogens with zero attached hydrogens (tertiary/aromatic N) is 1. The lowest BCUT2D eigenvalue weighted by molar-refractivity contribution is 0.0747. The molecular weight excluding hydrogens is 310 g/mol. The molecule has 132 valence electrons. The van der Waals surface area contributed by atoms with E-state index in [2.05, 4.69) is 0 Å². The average molecular weight is 337 g/mol. The lowest BCUT2D eigenvalue weighted by Gasteiger charge is -2.23. The van der Waals surface area contributed by atoms with Gasteiger partial charge in [-0.05, 0) is 29.7 Å². The Bertz CT molecular complexity index is 726. The van der Waals surface area contributed by atoms with Crippen molar-refractivity contribution < 1.29 is 9.59 Å². The monoisotopic (exact) mass is 337 g/mol. The van der Waals surface area contributed by atoms with Crippen LogP contribution in [-0.2, 0) is 0 Å². The number of benzene rings is 2. The summed E-state index contributed by atoms with van der Waals surface area (Å²) in [6.07, 6.45) is 10.5. The maximum absolute atomic E-state index is 13.1. The fourth-order valence-electron chi connectivity index (χ4n) is 3.76. The molecule has 2 aromatic rings. The number of fused-ring (bicyclic) bond motifs is 1. The minimum Gasteiger partial charge on any atom is -0.339 e. The summed E-state index contributed by atoms with van der Waals surface area (Å²) >= 11 is 0. The fourth-order valence-corrected chi connectivity index (χ4v) is 3.76. The van der Waals surface area contributed by atoms with Crippen LogP contribution in [0.5, 0.6) is 0 Å². The van der Waals surface area contributed by atoms with E-state index in [9.17, 15) is 9.59 Å². The third-order valence-electron chi connectivity index (χ3n) is 5.21. The Hall–Kier alpha value is -2.16. The third-order valence-corrected chi connectivity index (χ3v) is 5.21. The van der Waals surface area contributed by atoms with Gasteiger partial charge in [0, 0.05) is 18.7 Å². The Morgan fingerprint density at radius 1 is 0.800 bits per heavy atom. The van der Waals surface area contributed by atoms with Gasteiger partial charge in [-0.2, -0.15) is 0 Å². The summed E-state index contributed by atoms with van der Waals surface area (Å²) in [5.41, 5.74) is 1.07. The molecule has 2 aromatic carbocycles. The topological polar surface area (TPSA) is 37.4 Å². The lowest BCUT2D eigenvalue weighted by atomic mass is 9.98. The van der Waals surface area contributed by atoms with Gasteiger partial charge in [-0.1, -0.05) is 68.9 Å². The molecule has 0 spiro atoms. The first-order chi connectivity index (χ1) is 12.3. The van der Waals surface area contributed by atoms with Crippen molar-refractivity contribution in [3.63, 3.8) is 0 Å². The predicted molar refractivity (Wildman–Crippen MR) is 102 cm³/mol. The second-order valence-corrected chi connectivity index (χ2v) is 6.99. The number of aldehydes is 1. The Balaban J connectivity index is 1.87. The van der Waals surface area contributed by atoms with Gasteiger partial charge in [-0.25, -0.2) is 0 Å². The normalized spacial score (nSPS) is 17.0. The van der Waals surface area contributed by atoms with E-state index >= 15 is 0 Å². The van der Waals surface area contributed by atoms with Gasteiger partial charge in [0.25, 0.3) is 5.91 Å². The molecule has 1 amide bonds. The van der Waals surface area contributed by atoms with Gasteiger partial charge < -0.3 is 4.90 Å². The van der Waals surface area contributed by atoms with Crippen molar-refractivity contribution in [1.82, 2.24) is 4.90 Å². The van der Waals surface area contributed by atoms with Crippen molar-refractivity contribution in [1.29, 1.82) is 0 Å². The smallest absolute Gasteiger partial charge is 0.254 e. The van der Waals surface area contributed by atoms with Crippen molar-refractivity contribution in [3.8, 4) is 0 Å². The first-order valence-electron chi connectivity index (χ1n) is 9.57. The number of amides is 1. The predicted octanol–water partition coefficient (Wildman–Crippen LogP) is 5.23. The molecule has 3 nitrogen and oxygen atoms in total. The highest BCUT2D eigenvalue weighted by Gasteiger charge is 2.20. The van der Waals surface area contributed by atoms with Crippen LogP contribution in [0.4, 0.5) is 0 Å². The third kappa shape index (κ3) is 4.28. The van der Waals surface area contributed by atoms with Crippen LogP contribution in [0.15, 0.2) is 36.4 Å². The zero-order valence-electron chi connectivity index (χ0n) is 14.9. The summed E-state index contributed by atoms with van der Waals surface area (Å²) in [6, 6.07) is 11.5. The van der Waals surface area contributed by atoms with E-state index in [4.69, 9.17) is 0 Å². The molecule has 25 heavy (non-hydrogen) atoms. The molecule has 1 aliphatic rings. The molecule has 0 aromatic heterocycles. The van der Waals surface area contributed by atoms with Gasteiger partial charge in [0.05, 0.1) is 5.56 Å². The molecule has 0 unspecified atom stereocenters. The zero-order chi connectivity index (χ0) is 17.5. The molecule has 3 heteroatoms. The summed E-state index contributed by atoms with van der Waals surface area (Å²) in [5, 5.41) is 1.86. The van der Waals surface area contributed by atoms with Crippen LogP contribution in [0.3, 0.4) is 0 Å². The molecule has 1 saturated heterocycles. The first kappa shape index (κ1) is 17.7. The Labute approximate surface area is 150 Å². The van der Waals surface area contributed by atoms with Crippen LogP contribution >= 0.6 is 0 Å². The van der Waals surface area contributed by atoms with Crippen molar-refractivity contribution in [2.24, 2.45) is 0 Å². The van der Waals surface area contributed by atoms with Crippen LogP contribution in [0.1, 0.15) is 72.1 Å². The molecular formula is C22H27NO2. The highest BCUT2D eigenvalue weighted by molar-refractivity contribution is 6.09. The number of rotatable bonds is 2. The summed E-state index contributed by atoms with van der Waals surface area (Å²) in [4.78, 5) is 26.8. The van der Waals surface area contributed by atoms with E-state index in [-0.39, 0.29) is 5.91 Å². The van der Waals surface area contributed by atoms with E-state index < -0.39 is 0 Å². The van der Waals surface area contributed by atoms with Crippen LogP contribution in [0, 0.1) is 0 Å². The number of hydrogen-bond acceptors (Lipinski definition) is 2. The highest BCUT2D eigenvalue weighted by Crippen LogP contribution is 2.23. The lowest BCUT2D eigenvalue weighted by Crippen LogP contribution is -2.33. The van der Waals surface area contributed by atoms with Gasteiger partial charge in [-0.15, -0.1) is 0 Å². The molecule has 0 bridgehead atoms. The van der Waals surface area contributed by atoms with Crippen LogP contribution in [0.2, 0.25) is 0 Å². The largest absolute Gasteiger partial charge is 0.339 e. The standard InChI is InChI=1S/C22H27NO2/c24-17-21-19-12-8-7-11-18(19)13-14-20(21)22(25)23-15-9-5-3-1-2-4-6-10-16-23/h7-8,11-14,17H,1-6,9-10,15-16H2. The fraction of sp³-hybridized carbons (Fsp3) is 0.455. The Kier molecular flexibility index (Phi) is 6.21. The second-order valence-electron chi connectivity index (χ2n) is 6.99. The summed E-state index contributed by atoms with van der Waals surface area (Å²) in [6.45, 7) is 1.59. The van der Waals surface area contributed by atoms with Gasteiger partial charge >= 0.3 is 0 Å². The quantitative estimate of drug-likeness (QED) is 0.704. The van der Waals surface area contributed by atoms with E-state index in [0.717, 1.165) is 43.0 Å². The van der Waals surface area contributed by atoms with Gasteiger partial charge in [0.1, 0.15) is 0 Å². The van der Waals surface area contributed by atoms with Crippen LogP contribution in [-0.4, -0.2) is 30.2 Å². The van der Waals surface area contributed by atoms with Crippen LogP contribution in [0.25, 0.3) is 10.8 Å². The minimum atomic E-state index is 0.00657. The van der Waals surface area contributed by atoms with Crippen LogP contribution < -0.4 is 0 Å². The molecule has 0 radical (unpaired) electrons. The summed E-state index contributed by atoms with van der Waals surface area (Å²) in [5.74, 6) is 0.00657.